The number of nitrogens with two attached hydrogens (primary N) is 2. The zero-order valence-electron chi connectivity index (χ0n) is 17.6. The van der Waals surface area contributed by atoms with Gasteiger partial charge in [-0.05, 0) is 24.3 Å². The Morgan fingerprint density at radius 2 is 1.59 bits per heavy atom. The van der Waals surface area contributed by atoms with Crippen LogP contribution in [0.2, 0.25) is 0 Å². The first kappa shape index (κ1) is 21.1. The molecular weight excluding hydrogens is 440 g/mol. The van der Waals surface area contributed by atoms with Gasteiger partial charge in [-0.25, -0.2) is 28.4 Å². The Morgan fingerprint density at radius 3 is 2.32 bits per heavy atom. The average molecular weight is 457 g/mol. The standard InChI is InChI=1S/C23H17F2N9/c24-14-10-16-18(33-34(23(16)28-11-14)12-13-6-4-5-9-17(13)25)22-29-20(26)19(21(27)30-22)32-31-15-7-2-1-3-8-15/h1-11H,12H2,(H4,26,27,29,30). The highest BCUT2D eigenvalue weighted by atomic mass is 19.1. The van der Waals surface area contributed by atoms with Crippen molar-refractivity contribution in [2.75, 3.05) is 11.5 Å². The second-order valence-electron chi connectivity index (χ2n) is 7.32. The average Bonchev–Trinajstić information content (AvgIpc) is 3.18. The second kappa shape index (κ2) is 8.62. The van der Waals surface area contributed by atoms with Gasteiger partial charge in [0.25, 0.3) is 0 Å². The molecule has 3 aromatic heterocycles. The Kier molecular flexibility index (Phi) is 5.34. The third-order valence-electron chi connectivity index (χ3n) is 5.00. The highest BCUT2D eigenvalue weighted by Crippen LogP contribution is 2.33. The fourth-order valence-corrected chi connectivity index (χ4v) is 3.40. The lowest BCUT2D eigenvalue weighted by atomic mass is 10.2. The summed E-state index contributed by atoms with van der Waals surface area (Å²) in [5.41, 5.74) is 13.8. The third kappa shape index (κ3) is 4.01. The topological polar surface area (TPSA) is 133 Å². The van der Waals surface area contributed by atoms with Gasteiger partial charge in [0.2, 0.25) is 0 Å². The summed E-state index contributed by atoms with van der Waals surface area (Å²) in [6, 6.07) is 16.6. The minimum Gasteiger partial charge on any atom is -0.382 e. The molecule has 168 valence electrons. The van der Waals surface area contributed by atoms with E-state index in [1.807, 2.05) is 18.2 Å². The van der Waals surface area contributed by atoms with Crippen molar-refractivity contribution in [3.05, 3.63) is 84.1 Å². The molecule has 0 amide bonds. The van der Waals surface area contributed by atoms with E-state index in [0.29, 0.717) is 22.3 Å². The van der Waals surface area contributed by atoms with Crippen molar-refractivity contribution in [2.24, 2.45) is 10.2 Å². The van der Waals surface area contributed by atoms with E-state index in [9.17, 15) is 8.78 Å². The summed E-state index contributed by atoms with van der Waals surface area (Å²) < 4.78 is 29.7. The molecule has 0 unspecified atom stereocenters. The van der Waals surface area contributed by atoms with E-state index in [2.05, 4.69) is 30.3 Å². The molecule has 11 heteroatoms. The largest absolute Gasteiger partial charge is 0.382 e. The minimum absolute atomic E-state index is 0.0247. The highest BCUT2D eigenvalue weighted by molar-refractivity contribution is 5.90. The van der Waals surface area contributed by atoms with Gasteiger partial charge in [-0.2, -0.15) is 10.2 Å². The molecule has 0 bridgehead atoms. The number of benzene rings is 2. The molecule has 0 spiro atoms. The van der Waals surface area contributed by atoms with Gasteiger partial charge in [0.05, 0.1) is 23.8 Å². The maximum Gasteiger partial charge on any atom is 0.184 e. The first-order chi connectivity index (χ1) is 16.5. The van der Waals surface area contributed by atoms with E-state index < -0.39 is 11.6 Å². The number of aromatic nitrogens is 5. The monoisotopic (exact) mass is 457 g/mol. The maximum atomic E-state index is 14.2. The van der Waals surface area contributed by atoms with Crippen molar-refractivity contribution in [3.63, 3.8) is 0 Å². The molecule has 0 saturated carbocycles. The van der Waals surface area contributed by atoms with Gasteiger partial charge in [0.1, 0.15) is 17.3 Å². The number of halogens is 2. The fraction of sp³-hybridized carbons (Fsp3) is 0.0435. The SMILES string of the molecule is Nc1nc(-c2nn(Cc3ccccc3F)c3ncc(F)cc23)nc(N)c1N=Nc1ccccc1. The van der Waals surface area contributed by atoms with Crippen LogP contribution in [0, 0.1) is 11.6 Å². The van der Waals surface area contributed by atoms with Crippen LogP contribution in [0.25, 0.3) is 22.6 Å². The van der Waals surface area contributed by atoms with Crippen molar-refractivity contribution >= 4 is 34.0 Å². The minimum atomic E-state index is -0.576. The van der Waals surface area contributed by atoms with Crippen LogP contribution in [0.3, 0.4) is 0 Å². The predicted molar refractivity (Wildman–Crippen MR) is 123 cm³/mol. The predicted octanol–water partition coefficient (Wildman–Crippen LogP) is 4.79. The van der Waals surface area contributed by atoms with Crippen LogP contribution in [-0.4, -0.2) is 24.7 Å². The first-order valence-corrected chi connectivity index (χ1v) is 10.1. The quantitative estimate of drug-likeness (QED) is 0.364. The zero-order chi connectivity index (χ0) is 23.7. The van der Waals surface area contributed by atoms with Crippen LogP contribution < -0.4 is 11.5 Å². The first-order valence-electron chi connectivity index (χ1n) is 10.1. The lowest BCUT2D eigenvalue weighted by molar-refractivity contribution is 0.588. The lowest BCUT2D eigenvalue weighted by Crippen LogP contribution is -2.05. The molecule has 5 rings (SSSR count). The van der Waals surface area contributed by atoms with Crippen molar-refractivity contribution < 1.29 is 8.78 Å². The van der Waals surface area contributed by atoms with Gasteiger partial charge in [0.15, 0.2) is 28.8 Å². The van der Waals surface area contributed by atoms with Crippen molar-refractivity contribution in [2.45, 2.75) is 6.54 Å². The summed E-state index contributed by atoms with van der Waals surface area (Å²) in [7, 11) is 0. The number of hydrogen-bond acceptors (Lipinski definition) is 8. The summed E-state index contributed by atoms with van der Waals surface area (Å²) in [5.74, 6) is -0.967. The third-order valence-corrected chi connectivity index (χ3v) is 5.00. The molecule has 0 radical (unpaired) electrons. The van der Waals surface area contributed by atoms with E-state index in [1.54, 1.807) is 30.3 Å². The fourth-order valence-electron chi connectivity index (χ4n) is 3.40. The van der Waals surface area contributed by atoms with Crippen LogP contribution in [0.1, 0.15) is 5.56 Å². The molecule has 0 fully saturated rings. The van der Waals surface area contributed by atoms with Gasteiger partial charge >= 0.3 is 0 Å². The number of anilines is 2. The van der Waals surface area contributed by atoms with Crippen LogP contribution in [0.15, 0.2) is 77.1 Å². The molecule has 9 nitrogen and oxygen atoms in total. The second-order valence-corrected chi connectivity index (χ2v) is 7.32. The molecule has 0 aliphatic rings. The number of nitrogens with zero attached hydrogens (tertiary/aromatic N) is 7. The summed E-state index contributed by atoms with van der Waals surface area (Å²) in [6.45, 7) is 0.0656. The highest BCUT2D eigenvalue weighted by Gasteiger charge is 2.20. The Bertz CT molecular complexity index is 1510. The molecule has 0 atom stereocenters. The van der Waals surface area contributed by atoms with Gasteiger partial charge < -0.3 is 11.5 Å². The maximum absolute atomic E-state index is 14.2. The van der Waals surface area contributed by atoms with Gasteiger partial charge in [-0.3, -0.25) is 0 Å². The number of azo groups is 1. The lowest BCUT2D eigenvalue weighted by Gasteiger charge is -2.05. The Balaban J connectivity index is 1.58. The number of nitrogen functional groups attached to an aromatic ring is 2. The molecular formula is C23H17F2N9. The van der Waals surface area contributed by atoms with Crippen LogP contribution in [0.4, 0.5) is 31.8 Å². The summed E-state index contributed by atoms with van der Waals surface area (Å²) in [6.07, 6.45) is 1.06. The number of pyridine rings is 1. The van der Waals surface area contributed by atoms with Crippen molar-refractivity contribution in [1.29, 1.82) is 0 Å². The van der Waals surface area contributed by atoms with E-state index in [4.69, 9.17) is 11.5 Å². The normalized spacial score (nSPS) is 11.5. The van der Waals surface area contributed by atoms with Crippen molar-refractivity contribution in [3.8, 4) is 11.5 Å². The van der Waals surface area contributed by atoms with E-state index in [1.165, 1.54) is 16.8 Å². The summed E-state index contributed by atoms with van der Waals surface area (Å²) in [4.78, 5) is 12.7. The Morgan fingerprint density at radius 1 is 0.882 bits per heavy atom. The van der Waals surface area contributed by atoms with E-state index in [-0.39, 0.29) is 35.4 Å². The molecule has 34 heavy (non-hydrogen) atoms. The molecule has 4 N–H and O–H groups in total. The number of fused-ring (bicyclic) bond motifs is 1. The molecule has 3 heterocycles. The molecule has 5 aromatic rings. The number of rotatable bonds is 5. The van der Waals surface area contributed by atoms with E-state index in [0.717, 1.165) is 6.20 Å². The molecule has 0 saturated heterocycles. The molecule has 0 aliphatic carbocycles. The summed E-state index contributed by atoms with van der Waals surface area (Å²) >= 11 is 0. The van der Waals surface area contributed by atoms with Crippen LogP contribution >= 0.6 is 0 Å². The molecule has 2 aromatic carbocycles. The summed E-state index contributed by atoms with van der Waals surface area (Å²) in [5, 5.41) is 13.0. The van der Waals surface area contributed by atoms with Crippen LogP contribution in [0.5, 0.6) is 0 Å². The number of hydrogen-bond donors (Lipinski definition) is 2. The van der Waals surface area contributed by atoms with Gasteiger partial charge in [0, 0.05) is 5.56 Å². The Hall–Kier alpha value is -4.80. The Labute approximate surface area is 191 Å². The van der Waals surface area contributed by atoms with Gasteiger partial charge in [-0.15, -0.1) is 5.11 Å². The molecule has 0 aliphatic heterocycles. The van der Waals surface area contributed by atoms with E-state index >= 15 is 0 Å². The van der Waals surface area contributed by atoms with Crippen molar-refractivity contribution in [1.82, 2.24) is 24.7 Å². The van der Waals surface area contributed by atoms with Crippen LogP contribution in [-0.2, 0) is 6.54 Å². The smallest absolute Gasteiger partial charge is 0.184 e. The zero-order valence-corrected chi connectivity index (χ0v) is 17.6. The van der Waals surface area contributed by atoms with Gasteiger partial charge in [-0.1, -0.05) is 36.4 Å².